The van der Waals surface area contributed by atoms with Crippen molar-refractivity contribution in [3.8, 4) is 0 Å². The second kappa shape index (κ2) is 9.33. The Morgan fingerprint density at radius 1 is 1.10 bits per heavy atom. The van der Waals surface area contributed by atoms with Crippen molar-refractivity contribution in [3.05, 3.63) is 29.6 Å². The lowest BCUT2D eigenvalue weighted by molar-refractivity contribution is 0.0240. The van der Waals surface area contributed by atoms with Crippen LogP contribution in [0.15, 0.2) is 23.2 Å². The first kappa shape index (κ1) is 22.8. The van der Waals surface area contributed by atoms with Gasteiger partial charge in [0.05, 0.1) is 12.2 Å². The number of carbonyl (C=O) groups excluding carboxylic acids is 1. The number of anilines is 1. The highest BCUT2D eigenvalue weighted by molar-refractivity contribution is 5.79. The Bertz CT molecular complexity index is 725. The fourth-order valence-electron chi connectivity index (χ4n) is 3.21. The molecule has 1 aliphatic rings. The zero-order valence-corrected chi connectivity index (χ0v) is 18.7. The minimum Gasteiger partial charge on any atom is -0.444 e. The van der Waals surface area contributed by atoms with Crippen LogP contribution in [0.25, 0.3) is 0 Å². The molecule has 1 amide bonds. The summed E-state index contributed by atoms with van der Waals surface area (Å²) in [4.78, 5) is 24.2. The van der Waals surface area contributed by atoms with Gasteiger partial charge in [-0.1, -0.05) is 6.07 Å². The summed E-state index contributed by atoms with van der Waals surface area (Å²) in [5, 5.41) is 0. The molecule has 29 heavy (non-hydrogen) atoms. The summed E-state index contributed by atoms with van der Waals surface area (Å²) in [6.07, 6.45) is -0.316. The third kappa shape index (κ3) is 6.51. The van der Waals surface area contributed by atoms with Gasteiger partial charge in [-0.2, -0.15) is 0 Å². The third-order valence-corrected chi connectivity index (χ3v) is 4.49. The Morgan fingerprint density at radius 2 is 1.69 bits per heavy atom. The molecular weight excluding hydrogens is 373 g/mol. The third-order valence-electron chi connectivity index (χ3n) is 4.49. The summed E-state index contributed by atoms with van der Waals surface area (Å²) in [7, 11) is 7.72. The highest BCUT2D eigenvalue weighted by Crippen LogP contribution is 2.23. The predicted octanol–water partition coefficient (Wildman–Crippen LogP) is 2.86. The van der Waals surface area contributed by atoms with Gasteiger partial charge in [0.25, 0.3) is 0 Å². The van der Waals surface area contributed by atoms with Crippen LogP contribution in [0, 0.1) is 5.82 Å². The molecule has 0 spiro atoms. The molecule has 0 aromatic heterocycles. The number of guanidine groups is 1. The van der Waals surface area contributed by atoms with Crippen LogP contribution in [0.1, 0.15) is 26.3 Å². The number of nitrogens with zero attached hydrogens (tertiary/aromatic N) is 5. The molecule has 0 atom stereocenters. The quantitative estimate of drug-likeness (QED) is 0.570. The van der Waals surface area contributed by atoms with E-state index in [1.807, 2.05) is 69.7 Å². The average molecular weight is 408 g/mol. The van der Waals surface area contributed by atoms with E-state index in [-0.39, 0.29) is 11.9 Å². The molecule has 162 valence electrons. The number of halogens is 1. The molecule has 0 aliphatic carbocycles. The molecule has 2 rings (SSSR count). The zero-order chi connectivity index (χ0) is 21.8. The molecule has 0 unspecified atom stereocenters. The Balaban J connectivity index is 1.99. The lowest BCUT2D eigenvalue weighted by atomic mass is 10.1. The Morgan fingerprint density at radius 3 is 2.17 bits per heavy atom. The van der Waals surface area contributed by atoms with E-state index in [9.17, 15) is 9.18 Å². The molecule has 1 heterocycles. The number of hydrogen-bond acceptors (Lipinski definition) is 4. The van der Waals surface area contributed by atoms with Gasteiger partial charge in [-0.25, -0.2) is 14.2 Å². The molecule has 8 heteroatoms. The first-order valence-electron chi connectivity index (χ1n) is 9.88. The van der Waals surface area contributed by atoms with E-state index in [0.29, 0.717) is 38.4 Å². The number of ether oxygens (including phenoxy) is 1. The van der Waals surface area contributed by atoms with E-state index in [2.05, 4.69) is 4.99 Å². The summed E-state index contributed by atoms with van der Waals surface area (Å²) >= 11 is 0. The highest BCUT2D eigenvalue weighted by Gasteiger charge is 2.26. The van der Waals surface area contributed by atoms with Gasteiger partial charge in [0.2, 0.25) is 0 Å². The predicted molar refractivity (Wildman–Crippen MR) is 115 cm³/mol. The summed E-state index contributed by atoms with van der Waals surface area (Å²) in [5.74, 6) is 0.562. The van der Waals surface area contributed by atoms with E-state index < -0.39 is 5.60 Å². The molecule has 0 bridgehead atoms. The smallest absolute Gasteiger partial charge is 0.410 e. The number of rotatable bonds is 3. The summed E-state index contributed by atoms with van der Waals surface area (Å²) in [6.45, 7) is 8.12. The monoisotopic (exact) mass is 407 g/mol. The van der Waals surface area contributed by atoms with Crippen molar-refractivity contribution >= 4 is 17.7 Å². The minimum absolute atomic E-state index is 0.264. The molecular formula is C21H34FN5O2. The maximum atomic E-state index is 14.7. The number of hydrogen-bond donors (Lipinski definition) is 0. The topological polar surface area (TPSA) is 51.6 Å². The molecule has 1 fully saturated rings. The van der Waals surface area contributed by atoms with Crippen molar-refractivity contribution in [2.75, 3.05) is 59.3 Å². The van der Waals surface area contributed by atoms with Crippen molar-refractivity contribution in [2.45, 2.75) is 32.9 Å². The lowest BCUT2D eigenvalue weighted by Crippen LogP contribution is -2.50. The number of amides is 1. The van der Waals surface area contributed by atoms with E-state index in [0.717, 1.165) is 11.5 Å². The van der Waals surface area contributed by atoms with Gasteiger partial charge >= 0.3 is 6.09 Å². The van der Waals surface area contributed by atoms with Crippen LogP contribution in [-0.2, 0) is 11.3 Å². The maximum Gasteiger partial charge on any atom is 0.410 e. The fraction of sp³-hybridized carbons (Fsp3) is 0.619. The van der Waals surface area contributed by atoms with Gasteiger partial charge in [0.15, 0.2) is 5.96 Å². The lowest BCUT2D eigenvalue weighted by Gasteiger charge is -2.36. The maximum absolute atomic E-state index is 14.7. The van der Waals surface area contributed by atoms with E-state index in [1.54, 1.807) is 17.0 Å². The number of carbonyl (C=O) groups is 1. The minimum atomic E-state index is -0.516. The first-order chi connectivity index (χ1) is 13.5. The summed E-state index contributed by atoms with van der Waals surface area (Å²) in [6, 6.07) is 5.25. The SMILES string of the molecule is CN(C)C(=NCc1ccc(N2CCN(C(=O)OC(C)(C)C)CC2)c(F)c1)N(C)C. The van der Waals surface area contributed by atoms with Gasteiger partial charge in [-0.15, -0.1) is 0 Å². The number of aliphatic imine (C=N–C) groups is 1. The first-order valence-corrected chi connectivity index (χ1v) is 9.88. The standard InChI is InChI=1S/C21H34FN5O2/c1-21(2,3)29-20(28)27-12-10-26(11-13-27)18-9-8-16(14-17(18)22)15-23-19(24(4)5)25(6)7/h8-9,14H,10-13,15H2,1-7H3. The van der Waals surface area contributed by atoms with Crippen LogP contribution in [0.5, 0.6) is 0 Å². The van der Waals surface area contributed by atoms with Crippen LogP contribution >= 0.6 is 0 Å². The van der Waals surface area contributed by atoms with Gasteiger partial charge < -0.3 is 24.3 Å². The molecule has 0 radical (unpaired) electrons. The molecule has 1 saturated heterocycles. The zero-order valence-electron chi connectivity index (χ0n) is 18.7. The van der Waals surface area contributed by atoms with Gasteiger partial charge in [0.1, 0.15) is 11.4 Å². The molecule has 1 aromatic rings. The van der Waals surface area contributed by atoms with Crippen LogP contribution < -0.4 is 4.90 Å². The van der Waals surface area contributed by atoms with E-state index in [1.165, 1.54) is 0 Å². The normalized spacial score (nSPS) is 14.5. The fourth-order valence-corrected chi connectivity index (χ4v) is 3.21. The summed E-state index contributed by atoms with van der Waals surface area (Å²) in [5.41, 5.74) is 0.861. The van der Waals surface area contributed by atoms with Crippen molar-refractivity contribution in [2.24, 2.45) is 4.99 Å². The molecule has 0 N–H and O–H groups in total. The van der Waals surface area contributed by atoms with Crippen LogP contribution in [-0.4, -0.2) is 86.7 Å². The van der Waals surface area contributed by atoms with Gasteiger partial charge in [-0.3, -0.25) is 0 Å². The molecule has 1 aliphatic heterocycles. The Kier molecular flexibility index (Phi) is 7.32. The van der Waals surface area contributed by atoms with Crippen LogP contribution in [0.4, 0.5) is 14.9 Å². The van der Waals surface area contributed by atoms with E-state index in [4.69, 9.17) is 4.74 Å². The van der Waals surface area contributed by atoms with E-state index >= 15 is 0 Å². The van der Waals surface area contributed by atoms with Crippen molar-refractivity contribution in [1.82, 2.24) is 14.7 Å². The largest absolute Gasteiger partial charge is 0.444 e. The molecule has 1 aromatic carbocycles. The van der Waals surface area contributed by atoms with Crippen molar-refractivity contribution < 1.29 is 13.9 Å². The molecule has 0 saturated carbocycles. The van der Waals surface area contributed by atoms with Gasteiger partial charge in [-0.05, 0) is 38.5 Å². The Labute approximate surface area is 173 Å². The average Bonchev–Trinajstić information content (AvgIpc) is 2.60. The highest BCUT2D eigenvalue weighted by atomic mass is 19.1. The second-order valence-corrected chi connectivity index (χ2v) is 8.65. The van der Waals surface area contributed by atoms with Gasteiger partial charge in [0, 0.05) is 54.4 Å². The molecule has 7 nitrogen and oxygen atoms in total. The van der Waals surface area contributed by atoms with Crippen LogP contribution in [0.2, 0.25) is 0 Å². The number of benzene rings is 1. The summed E-state index contributed by atoms with van der Waals surface area (Å²) < 4.78 is 20.2. The van der Waals surface area contributed by atoms with Crippen molar-refractivity contribution in [1.29, 1.82) is 0 Å². The second-order valence-electron chi connectivity index (χ2n) is 8.65. The van der Waals surface area contributed by atoms with Crippen LogP contribution in [0.3, 0.4) is 0 Å². The number of piperazine rings is 1. The van der Waals surface area contributed by atoms with Crippen molar-refractivity contribution in [3.63, 3.8) is 0 Å². The Hall–Kier alpha value is -2.51.